The molecule has 0 spiro atoms. The number of unbranched alkanes of at least 4 members (excludes halogenated alkanes) is 1. The van der Waals surface area contributed by atoms with Gasteiger partial charge in [0.15, 0.2) is 0 Å². The van der Waals surface area contributed by atoms with Crippen LogP contribution >= 0.6 is 0 Å². The monoisotopic (exact) mass is 455 g/mol. The molecule has 1 rings (SSSR count). The predicted molar refractivity (Wildman–Crippen MR) is 124 cm³/mol. The molecule has 0 atom stereocenters. The molecule has 184 valence electrons. The van der Waals surface area contributed by atoms with Crippen LogP contribution in [0, 0.1) is 0 Å². The van der Waals surface area contributed by atoms with Crippen LogP contribution in [0.5, 0.6) is 0 Å². The van der Waals surface area contributed by atoms with E-state index in [-0.39, 0.29) is 18.7 Å². The summed E-state index contributed by atoms with van der Waals surface area (Å²) in [7, 11) is 0. The topological polar surface area (TPSA) is 84.5 Å². The van der Waals surface area contributed by atoms with E-state index in [2.05, 4.69) is 12.2 Å². The Hall–Kier alpha value is -1.71. The first-order valence-corrected chi connectivity index (χ1v) is 11.6. The lowest BCUT2D eigenvalue weighted by Gasteiger charge is -2.09. The molecular formula is C24H41NO7. The van der Waals surface area contributed by atoms with Crippen molar-refractivity contribution < 1.29 is 33.2 Å². The molecule has 0 heterocycles. The minimum absolute atomic E-state index is 0.209. The average molecular weight is 456 g/mol. The summed E-state index contributed by atoms with van der Waals surface area (Å²) in [5, 5.41) is 3.31. The third-order valence-electron chi connectivity index (χ3n) is 4.24. The van der Waals surface area contributed by atoms with Gasteiger partial charge >= 0.3 is 5.97 Å². The van der Waals surface area contributed by atoms with Crippen molar-refractivity contribution in [3.8, 4) is 0 Å². The molecule has 32 heavy (non-hydrogen) atoms. The summed E-state index contributed by atoms with van der Waals surface area (Å²) in [6.45, 7) is 11.8. The molecule has 1 N–H and O–H groups in total. The van der Waals surface area contributed by atoms with Crippen molar-refractivity contribution in [3.05, 3.63) is 29.8 Å². The third kappa shape index (κ3) is 16.0. The van der Waals surface area contributed by atoms with Crippen molar-refractivity contribution in [1.82, 2.24) is 0 Å². The minimum Gasteiger partial charge on any atom is -0.460 e. The maximum absolute atomic E-state index is 12.0. The standard InChI is InChI=1S/C24H41NO7/c1-4-5-10-25-23-8-6-22(7-9-23)24(26)32-20-18-30-16-14-28-12-11-27-13-15-29-17-19-31-21(2)3/h6-9,21,25H,4-5,10-20H2,1-3H3. The highest BCUT2D eigenvalue weighted by molar-refractivity contribution is 5.89. The average Bonchev–Trinajstić information content (AvgIpc) is 2.79. The highest BCUT2D eigenvalue weighted by Crippen LogP contribution is 2.10. The first-order valence-electron chi connectivity index (χ1n) is 11.6. The molecule has 1 aromatic rings. The Bertz CT molecular complexity index is 566. The van der Waals surface area contributed by atoms with E-state index >= 15 is 0 Å². The zero-order chi connectivity index (χ0) is 23.3. The third-order valence-corrected chi connectivity index (χ3v) is 4.24. The number of ether oxygens (including phenoxy) is 6. The van der Waals surface area contributed by atoms with Crippen LogP contribution in [0.25, 0.3) is 0 Å². The predicted octanol–water partition coefficient (Wildman–Crippen LogP) is 3.55. The van der Waals surface area contributed by atoms with E-state index in [9.17, 15) is 4.79 Å². The van der Waals surface area contributed by atoms with Crippen LogP contribution in [-0.4, -0.2) is 84.7 Å². The second kappa shape index (κ2) is 19.9. The molecule has 0 bridgehead atoms. The number of hydrogen-bond donors (Lipinski definition) is 1. The highest BCUT2D eigenvalue weighted by Gasteiger charge is 2.06. The van der Waals surface area contributed by atoms with Crippen LogP contribution in [0.2, 0.25) is 0 Å². The van der Waals surface area contributed by atoms with Gasteiger partial charge in [-0.15, -0.1) is 0 Å². The number of nitrogens with one attached hydrogen (secondary N) is 1. The van der Waals surface area contributed by atoms with Crippen LogP contribution in [0.4, 0.5) is 5.69 Å². The van der Waals surface area contributed by atoms with Gasteiger partial charge in [0.05, 0.1) is 71.1 Å². The Morgan fingerprint density at radius 2 is 1.28 bits per heavy atom. The van der Waals surface area contributed by atoms with Gasteiger partial charge in [-0.2, -0.15) is 0 Å². The molecule has 0 aliphatic carbocycles. The van der Waals surface area contributed by atoms with Crippen LogP contribution in [-0.2, 0) is 28.4 Å². The van der Waals surface area contributed by atoms with E-state index in [1.165, 1.54) is 0 Å². The maximum Gasteiger partial charge on any atom is 0.338 e. The fraction of sp³-hybridized carbons (Fsp3) is 0.708. The molecule has 0 aliphatic heterocycles. The molecule has 0 fully saturated rings. The molecule has 0 unspecified atom stereocenters. The summed E-state index contributed by atoms with van der Waals surface area (Å²) in [6.07, 6.45) is 2.49. The van der Waals surface area contributed by atoms with E-state index in [4.69, 9.17) is 28.4 Å². The zero-order valence-corrected chi connectivity index (χ0v) is 19.9. The Labute approximate surface area is 192 Å². The molecule has 8 heteroatoms. The number of benzene rings is 1. The number of esters is 1. The van der Waals surface area contributed by atoms with Gasteiger partial charge in [0.2, 0.25) is 0 Å². The number of hydrogen-bond acceptors (Lipinski definition) is 8. The number of carbonyl (C=O) groups is 1. The first-order chi connectivity index (χ1) is 15.6. The summed E-state index contributed by atoms with van der Waals surface area (Å²) >= 11 is 0. The normalized spacial score (nSPS) is 11.1. The lowest BCUT2D eigenvalue weighted by molar-refractivity contribution is -0.0201. The van der Waals surface area contributed by atoms with Gasteiger partial charge in [0.25, 0.3) is 0 Å². The van der Waals surface area contributed by atoms with Crippen LogP contribution in [0.3, 0.4) is 0 Å². The SMILES string of the molecule is CCCCNc1ccc(C(=O)OCCOCCOCCOCCOCCOC(C)C)cc1. The smallest absolute Gasteiger partial charge is 0.338 e. The first kappa shape index (κ1) is 28.3. The van der Waals surface area contributed by atoms with Gasteiger partial charge in [0.1, 0.15) is 6.61 Å². The van der Waals surface area contributed by atoms with Gasteiger partial charge < -0.3 is 33.7 Å². The molecule has 0 radical (unpaired) electrons. The summed E-state index contributed by atoms with van der Waals surface area (Å²) in [4.78, 5) is 12.0. The molecule has 0 amide bonds. The second-order valence-corrected chi connectivity index (χ2v) is 7.36. The van der Waals surface area contributed by atoms with E-state index < -0.39 is 0 Å². The van der Waals surface area contributed by atoms with Gasteiger partial charge in [-0.3, -0.25) is 0 Å². The van der Waals surface area contributed by atoms with Crippen molar-refractivity contribution in [1.29, 1.82) is 0 Å². The van der Waals surface area contributed by atoms with Gasteiger partial charge in [-0.25, -0.2) is 4.79 Å². The second-order valence-electron chi connectivity index (χ2n) is 7.36. The minimum atomic E-state index is -0.349. The summed E-state index contributed by atoms with van der Waals surface area (Å²) in [6, 6.07) is 7.31. The van der Waals surface area contributed by atoms with Crippen LogP contribution in [0.15, 0.2) is 24.3 Å². The van der Waals surface area contributed by atoms with Gasteiger partial charge in [0, 0.05) is 12.2 Å². The van der Waals surface area contributed by atoms with Crippen LogP contribution < -0.4 is 5.32 Å². The quantitative estimate of drug-likeness (QED) is 0.223. The van der Waals surface area contributed by atoms with E-state index in [0.29, 0.717) is 65.0 Å². The van der Waals surface area contributed by atoms with E-state index in [1.54, 1.807) is 12.1 Å². The van der Waals surface area contributed by atoms with Crippen molar-refractivity contribution in [2.45, 2.75) is 39.7 Å². The number of anilines is 1. The Balaban J connectivity index is 1.88. The van der Waals surface area contributed by atoms with E-state index in [1.807, 2.05) is 26.0 Å². The number of carbonyl (C=O) groups excluding carboxylic acids is 1. The molecule has 8 nitrogen and oxygen atoms in total. The van der Waals surface area contributed by atoms with Crippen molar-refractivity contribution in [3.63, 3.8) is 0 Å². The largest absolute Gasteiger partial charge is 0.460 e. The Morgan fingerprint density at radius 1 is 0.781 bits per heavy atom. The summed E-state index contributed by atoms with van der Waals surface area (Å²) < 4.78 is 32.2. The van der Waals surface area contributed by atoms with Gasteiger partial charge in [-0.05, 0) is 44.5 Å². The summed E-state index contributed by atoms with van der Waals surface area (Å²) in [5.41, 5.74) is 1.54. The Morgan fingerprint density at radius 3 is 1.78 bits per heavy atom. The van der Waals surface area contributed by atoms with Gasteiger partial charge in [-0.1, -0.05) is 13.3 Å². The zero-order valence-electron chi connectivity index (χ0n) is 19.9. The fourth-order valence-electron chi connectivity index (χ4n) is 2.51. The molecule has 0 saturated heterocycles. The van der Waals surface area contributed by atoms with E-state index in [0.717, 1.165) is 25.1 Å². The molecule has 0 aromatic heterocycles. The lowest BCUT2D eigenvalue weighted by Crippen LogP contribution is -2.15. The molecule has 0 aliphatic rings. The number of rotatable bonds is 21. The molecule has 1 aromatic carbocycles. The van der Waals surface area contributed by atoms with Crippen LogP contribution in [0.1, 0.15) is 44.0 Å². The Kier molecular flexibility index (Phi) is 17.6. The molecular weight excluding hydrogens is 414 g/mol. The molecule has 0 saturated carbocycles. The van der Waals surface area contributed by atoms with Crippen molar-refractivity contribution >= 4 is 11.7 Å². The lowest BCUT2D eigenvalue weighted by atomic mass is 10.2. The maximum atomic E-state index is 12.0. The fourth-order valence-corrected chi connectivity index (χ4v) is 2.51. The van der Waals surface area contributed by atoms with Crippen molar-refractivity contribution in [2.75, 3.05) is 77.9 Å². The highest BCUT2D eigenvalue weighted by atomic mass is 16.6. The summed E-state index contributed by atoms with van der Waals surface area (Å²) in [5.74, 6) is -0.349. The van der Waals surface area contributed by atoms with Crippen molar-refractivity contribution in [2.24, 2.45) is 0 Å².